The van der Waals surface area contributed by atoms with E-state index in [0.717, 1.165) is 19.6 Å². The second-order valence-corrected chi connectivity index (χ2v) is 8.76. The molecule has 2 N–H and O–H groups in total. The monoisotopic (exact) mass is 408 g/mol. The predicted molar refractivity (Wildman–Crippen MR) is 118 cm³/mol. The highest BCUT2D eigenvalue weighted by Gasteiger charge is 2.13. The van der Waals surface area contributed by atoms with Gasteiger partial charge < -0.3 is 5.73 Å². The van der Waals surface area contributed by atoms with Crippen LogP contribution in [0.1, 0.15) is 16.7 Å². The first-order chi connectivity index (χ1) is 13.4. The zero-order valence-corrected chi connectivity index (χ0v) is 17.2. The Labute approximate surface area is 173 Å². The standard InChI is InChI=1S/C22H20N2O2S2/c1-15-3-11-19(12-4-15)27-22(28-20-13-5-16(2)6-14-20)21(23)17-7-9-18(10-8-17)24(25)26/h3-14H,23H2,1-2H3. The van der Waals surface area contributed by atoms with E-state index in [-0.39, 0.29) is 5.69 Å². The summed E-state index contributed by atoms with van der Waals surface area (Å²) in [6.45, 7) is 4.11. The van der Waals surface area contributed by atoms with Gasteiger partial charge in [0, 0.05) is 21.9 Å². The quantitative estimate of drug-likeness (QED) is 0.291. The van der Waals surface area contributed by atoms with Gasteiger partial charge in [0.15, 0.2) is 0 Å². The lowest BCUT2D eigenvalue weighted by Gasteiger charge is -2.12. The van der Waals surface area contributed by atoms with E-state index < -0.39 is 4.92 Å². The topological polar surface area (TPSA) is 69.2 Å². The smallest absolute Gasteiger partial charge is 0.269 e. The Hall–Kier alpha value is -2.70. The van der Waals surface area contributed by atoms with Gasteiger partial charge in [0.05, 0.1) is 14.9 Å². The lowest BCUT2D eigenvalue weighted by Crippen LogP contribution is -1.99. The van der Waals surface area contributed by atoms with Gasteiger partial charge in [0.1, 0.15) is 0 Å². The van der Waals surface area contributed by atoms with Gasteiger partial charge in [-0.25, -0.2) is 0 Å². The molecule has 0 spiro atoms. The fraction of sp³-hybridized carbons (Fsp3) is 0.0909. The first kappa shape index (κ1) is 20.0. The van der Waals surface area contributed by atoms with Crippen LogP contribution in [0.3, 0.4) is 0 Å². The minimum Gasteiger partial charge on any atom is -0.397 e. The fourth-order valence-electron chi connectivity index (χ4n) is 2.44. The summed E-state index contributed by atoms with van der Waals surface area (Å²) < 4.78 is 0.932. The molecule has 0 amide bonds. The van der Waals surface area contributed by atoms with Crippen LogP contribution >= 0.6 is 23.5 Å². The van der Waals surface area contributed by atoms with Crippen molar-refractivity contribution in [3.63, 3.8) is 0 Å². The molecule has 0 aromatic heterocycles. The molecule has 0 heterocycles. The Morgan fingerprint density at radius 3 is 1.61 bits per heavy atom. The molecule has 3 aromatic carbocycles. The number of thioether (sulfide) groups is 2. The number of hydrogen-bond acceptors (Lipinski definition) is 5. The molecule has 0 radical (unpaired) electrons. The number of benzene rings is 3. The van der Waals surface area contributed by atoms with E-state index in [1.54, 1.807) is 35.7 Å². The van der Waals surface area contributed by atoms with E-state index in [1.807, 2.05) is 0 Å². The average Bonchev–Trinajstić information content (AvgIpc) is 2.70. The molecule has 0 bridgehead atoms. The van der Waals surface area contributed by atoms with Gasteiger partial charge in [-0.1, -0.05) is 58.9 Å². The number of nitro groups is 1. The molecule has 0 saturated heterocycles. The van der Waals surface area contributed by atoms with Crippen LogP contribution in [-0.2, 0) is 0 Å². The molecular formula is C22H20N2O2S2. The highest BCUT2D eigenvalue weighted by Crippen LogP contribution is 2.42. The summed E-state index contributed by atoms with van der Waals surface area (Å²) in [4.78, 5) is 12.7. The van der Waals surface area contributed by atoms with Crippen LogP contribution < -0.4 is 5.73 Å². The number of aryl methyl sites for hydroxylation is 2. The highest BCUT2D eigenvalue weighted by atomic mass is 32.2. The van der Waals surface area contributed by atoms with E-state index in [2.05, 4.69) is 62.4 Å². The molecule has 0 fully saturated rings. The second-order valence-electron chi connectivity index (χ2n) is 6.34. The molecule has 0 saturated carbocycles. The van der Waals surface area contributed by atoms with E-state index >= 15 is 0 Å². The molecule has 0 aliphatic heterocycles. The van der Waals surface area contributed by atoms with Crippen LogP contribution in [0.4, 0.5) is 5.69 Å². The molecule has 0 aliphatic carbocycles. The van der Waals surface area contributed by atoms with Gasteiger partial charge in [0.2, 0.25) is 0 Å². The van der Waals surface area contributed by atoms with Crippen LogP contribution in [0.25, 0.3) is 5.70 Å². The lowest BCUT2D eigenvalue weighted by atomic mass is 10.2. The zero-order chi connectivity index (χ0) is 20.1. The number of nitro benzene ring substituents is 1. The Morgan fingerprint density at radius 1 is 0.786 bits per heavy atom. The maximum absolute atomic E-state index is 10.9. The van der Waals surface area contributed by atoms with Crippen LogP contribution in [0.15, 0.2) is 86.8 Å². The summed E-state index contributed by atoms with van der Waals surface area (Å²) in [7, 11) is 0. The predicted octanol–water partition coefficient (Wildman–Crippen LogP) is 6.38. The Morgan fingerprint density at radius 2 is 1.21 bits per heavy atom. The van der Waals surface area contributed by atoms with Crippen molar-refractivity contribution in [1.82, 2.24) is 0 Å². The molecule has 28 heavy (non-hydrogen) atoms. The third-order valence-corrected chi connectivity index (χ3v) is 6.40. The third kappa shape index (κ3) is 5.18. The van der Waals surface area contributed by atoms with Gasteiger partial charge in [-0.2, -0.15) is 0 Å². The number of nitrogens with zero attached hydrogens (tertiary/aromatic N) is 1. The van der Waals surface area contributed by atoms with Crippen molar-refractivity contribution in [2.24, 2.45) is 5.73 Å². The van der Waals surface area contributed by atoms with Crippen molar-refractivity contribution >= 4 is 34.9 Å². The summed E-state index contributed by atoms with van der Waals surface area (Å²) in [6, 6.07) is 22.9. The minimum atomic E-state index is -0.410. The van der Waals surface area contributed by atoms with Gasteiger partial charge in [-0.05, 0) is 55.8 Å². The van der Waals surface area contributed by atoms with Gasteiger partial charge in [-0.15, -0.1) is 0 Å². The summed E-state index contributed by atoms with van der Waals surface area (Å²) in [5.74, 6) is 0. The molecule has 0 aliphatic rings. The number of hydrogen-bond donors (Lipinski definition) is 1. The molecule has 0 unspecified atom stereocenters. The van der Waals surface area contributed by atoms with Crippen LogP contribution in [0.2, 0.25) is 0 Å². The highest BCUT2D eigenvalue weighted by molar-refractivity contribution is 8.22. The Bertz CT molecular complexity index is 947. The molecule has 6 heteroatoms. The van der Waals surface area contributed by atoms with Crippen molar-refractivity contribution < 1.29 is 4.92 Å². The van der Waals surface area contributed by atoms with Crippen molar-refractivity contribution in [2.75, 3.05) is 0 Å². The van der Waals surface area contributed by atoms with Crippen LogP contribution in [0, 0.1) is 24.0 Å². The Kier molecular flexibility index (Phi) is 6.44. The number of rotatable bonds is 6. The molecule has 142 valence electrons. The normalized spacial score (nSPS) is 10.5. The second kappa shape index (κ2) is 8.99. The molecule has 3 aromatic rings. The maximum atomic E-state index is 10.9. The number of non-ortho nitro benzene ring substituents is 1. The first-order valence-corrected chi connectivity index (χ1v) is 10.3. The molecular weight excluding hydrogens is 388 g/mol. The molecule has 3 rings (SSSR count). The Balaban J connectivity index is 1.97. The summed E-state index contributed by atoms with van der Waals surface area (Å²) in [5, 5.41) is 10.9. The summed E-state index contributed by atoms with van der Waals surface area (Å²) in [5.41, 5.74) is 10.3. The van der Waals surface area contributed by atoms with E-state index in [1.165, 1.54) is 23.3 Å². The van der Waals surface area contributed by atoms with E-state index in [0.29, 0.717) is 5.70 Å². The average molecular weight is 409 g/mol. The third-order valence-electron chi connectivity index (χ3n) is 4.07. The maximum Gasteiger partial charge on any atom is 0.269 e. The zero-order valence-electron chi connectivity index (χ0n) is 15.6. The van der Waals surface area contributed by atoms with Crippen molar-refractivity contribution in [3.8, 4) is 0 Å². The van der Waals surface area contributed by atoms with E-state index in [9.17, 15) is 10.1 Å². The lowest BCUT2D eigenvalue weighted by molar-refractivity contribution is -0.384. The molecule has 0 atom stereocenters. The van der Waals surface area contributed by atoms with E-state index in [4.69, 9.17) is 5.73 Å². The first-order valence-electron chi connectivity index (χ1n) is 8.66. The molecule has 4 nitrogen and oxygen atoms in total. The summed E-state index contributed by atoms with van der Waals surface area (Å²) in [6.07, 6.45) is 0. The van der Waals surface area contributed by atoms with Gasteiger partial charge in [0.25, 0.3) is 5.69 Å². The minimum absolute atomic E-state index is 0.0514. The summed E-state index contributed by atoms with van der Waals surface area (Å²) >= 11 is 3.19. The van der Waals surface area contributed by atoms with Crippen molar-refractivity contribution in [3.05, 3.63) is 104 Å². The van der Waals surface area contributed by atoms with Crippen molar-refractivity contribution in [2.45, 2.75) is 23.6 Å². The van der Waals surface area contributed by atoms with Gasteiger partial charge >= 0.3 is 0 Å². The van der Waals surface area contributed by atoms with Crippen molar-refractivity contribution in [1.29, 1.82) is 0 Å². The van der Waals surface area contributed by atoms with Crippen LogP contribution in [0.5, 0.6) is 0 Å². The van der Waals surface area contributed by atoms with Crippen LogP contribution in [-0.4, -0.2) is 4.92 Å². The SMILES string of the molecule is Cc1ccc(SC(Sc2ccc(C)cc2)=C(N)c2ccc([N+](=O)[O-])cc2)cc1. The number of nitrogens with two attached hydrogens (primary N) is 1. The fourth-order valence-corrected chi connectivity index (χ4v) is 4.61. The van der Waals surface area contributed by atoms with Gasteiger partial charge in [-0.3, -0.25) is 10.1 Å². The largest absolute Gasteiger partial charge is 0.397 e.